The molecular formula is C16H31N. The first kappa shape index (κ1) is 14.8. The van der Waals surface area contributed by atoms with E-state index in [2.05, 4.69) is 46.5 Å². The molecule has 1 unspecified atom stereocenters. The molecule has 0 amide bonds. The maximum atomic E-state index is 3.82. The lowest BCUT2D eigenvalue weighted by Crippen LogP contribution is -2.34. The molecule has 1 aliphatic rings. The van der Waals surface area contributed by atoms with Crippen molar-refractivity contribution in [3.63, 3.8) is 0 Å². The van der Waals surface area contributed by atoms with Crippen LogP contribution in [0.25, 0.3) is 0 Å². The molecule has 0 radical (unpaired) electrons. The van der Waals surface area contributed by atoms with Crippen LogP contribution < -0.4 is 5.32 Å². The maximum absolute atomic E-state index is 3.82. The van der Waals surface area contributed by atoms with Gasteiger partial charge in [-0.25, -0.2) is 0 Å². The monoisotopic (exact) mass is 237 g/mol. The van der Waals surface area contributed by atoms with Crippen LogP contribution in [0.5, 0.6) is 0 Å². The third-order valence-corrected chi connectivity index (χ3v) is 5.11. The lowest BCUT2D eigenvalue weighted by Gasteiger charge is -2.20. The second kappa shape index (κ2) is 5.56. The molecule has 1 N–H and O–H groups in total. The highest BCUT2D eigenvalue weighted by Crippen LogP contribution is 2.70. The van der Waals surface area contributed by atoms with Crippen molar-refractivity contribution in [2.75, 3.05) is 6.54 Å². The molecule has 1 heteroatoms. The summed E-state index contributed by atoms with van der Waals surface area (Å²) >= 11 is 0. The van der Waals surface area contributed by atoms with Crippen molar-refractivity contribution < 1.29 is 0 Å². The van der Waals surface area contributed by atoms with E-state index in [0.29, 0.717) is 16.9 Å². The van der Waals surface area contributed by atoms with E-state index in [4.69, 9.17) is 0 Å². The summed E-state index contributed by atoms with van der Waals surface area (Å²) in [5.74, 6) is 0.825. The molecule has 1 rings (SSSR count). The molecule has 0 saturated heterocycles. The van der Waals surface area contributed by atoms with Gasteiger partial charge >= 0.3 is 0 Å². The Bertz CT molecular complexity index is 238. The predicted molar refractivity (Wildman–Crippen MR) is 77.2 cm³/mol. The van der Waals surface area contributed by atoms with E-state index >= 15 is 0 Å². The summed E-state index contributed by atoms with van der Waals surface area (Å²) in [6.07, 6.45) is 6.99. The van der Waals surface area contributed by atoms with Crippen LogP contribution in [0, 0.1) is 16.7 Å². The normalized spacial score (nSPS) is 23.4. The lowest BCUT2D eigenvalue weighted by atomic mass is 9.98. The average molecular weight is 237 g/mol. The number of nitrogens with one attached hydrogen (secondary N) is 1. The molecule has 1 nitrogen and oxygen atoms in total. The minimum atomic E-state index is 0.493. The average Bonchev–Trinajstić information content (AvgIpc) is 2.64. The van der Waals surface area contributed by atoms with Crippen LogP contribution >= 0.6 is 0 Å². The number of unbranched alkanes of at least 4 members (excludes halogenated alkanes) is 1. The van der Waals surface area contributed by atoms with Crippen molar-refractivity contribution in [3.05, 3.63) is 12.7 Å². The Morgan fingerprint density at radius 2 is 1.82 bits per heavy atom. The number of hydrogen-bond acceptors (Lipinski definition) is 1. The van der Waals surface area contributed by atoms with Crippen LogP contribution in [-0.4, -0.2) is 12.6 Å². The quantitative estimate of drug-likeness (QED) is 0.487. The van der Waals surface area contributed by atoms with Gasteiger partial charge < -0.3 is 5.32 Å². The summed E-state index contributed by atoms with van der Waals surface area (Å²) in [6.45, 7) is 16.9. The molecule has 0 spiro atoms. The fraction of sp³-hybridized carbons (Fsp3) is 0.875. The van der Waals surface area contributed by atoms with Crippen LogP contribution in [0.15, 0.2) is 12.7 Å². The van der Waals surface area contributed by atoms with Gasteiger partial charge in [0.2, 0.25) is 0 Å². The van der Waals surface area contributed by atoms with Crippen molar-refractivity contribution in [1.29, 1.82) is 0 Å². The smallest absolute Gasteiger partial charge is 0.0106 e. The van der Waals surface area contributed by atoms with Gasteiger partial charge in [-0.05, 0) is 49.0 Å². The largest absolute Gasteiger partial charge is 0.314 e. The van der Waals surface area contributed by atoms with Crippen LogP contribution in [0.4, 0.5) is 0 Å². The molecule has 1 atom stereocenters. The second-order valence-corrected chi connectivity index (χ2v) is 6.70. The topological polar surface area (TPSA) is 12.0 Å². The van der Waals surface area contributed by atoms with Gasteiger partial charge in [0.25, 0.3) is 0 Å². The lowest BCUT2D eigenvalue weighted by molar-refractivity contribution is 0.371. The van der Waals surface area contributed by atoms with Gasteiger partial charge in [-0.1, -0.05) is 40.7 Å². The number of hydrogen-bond donors (Lipinski definition) is 1. The first-order valence-electron chi connectivity index (χ1n) is 7.23. The zero-order valence-corrected chi connectivity index (χ0v) is 12.5. The standard InChI is InChI=1S/C16H31N/c1-7-9-10-11-13(17-12-8-2)14-15(3,4)16(14,5)6/h7,13-14,17H,1,8-12H2,2-6H3. The molecule has 100 valence electrons. The van der Waals surface area contributed by atoms with Crippen LogP contribution in [0.1, 0.15) is 60.3 Å². The first-order valence-corrected chi connectivity index (χ1v) is 7.23. The van der Waals surface area contributed by atoms with E-state index in [-0.39, 0.29) is 0 Å². The minimum Gasteiger partial charge on any atom is -0.314 e. The summed E-state index contributed by atoms with van der Waals surface area (Å²) in [5, 5.41) is 3.77. The molecule has 0 aliphatic heterocycles. The summed E-state index contributed by atoms with van der Waals surface area (Å²) in [5.41, 5.74) is 0.985. The van der Waals surface area contributed by atoms with E-state index in [1.54, 1.807) is 0 Å². The van der Waals surface area contributed by atoms with Crippen LogP contribution in [0.2, 0.25) is 0 Å². The molecule has 1 aliphatic carbocycles. The van der Waals surface area contributed by atoms with Crippen molar-refractivity contribution >= 4 is 0 Å². The van der Waals surface area contributed by atoms with Crippen LogP contribution in [0.3, 0.4) is 0 Å². The van der Waals surface area contributed by atoms with E-state index in [0.717, 1.165) is 18.9 Å². The summed E-state index contributed by atoms with van der Waals surface area (Å²) in [6, 6.07) is 0.694. The minimum absolute atomic E-state index is 0.493. The van der Waals surface area contributed by atoms with Gasteiger partial charge in [-0.3, -0.25) is 0 Å². The van der Waals surface area contributed by atoms with Crippen molar-refractivity contribution in [1.82, 2.24) is 5.32 Å². The van der Waals surface area contributed by atoms with Crippen molar-refractivity contribution in [3.8, 4) is 0 Å². The Kier molecular flexibility index (Phi) is 4.83. The van der Waals surface area contributed by atoms with Gasteiger partial charge in [-0.2, -0.15) is 0 Å². The van der Waals surface area contributed by atoms with Crippen LogP contribution in [-0.2, 0) is 0 Å². The summed E-state index contributed by atoms with van der Waals surface area (Å²) in [4.78, 5) is 0. The Hall–Kier alpha value is -0.300. The molecule has 0 bridgehead atoms. The van der Waals surface area contributed by atoms with Gasteiger partial charge in [0.1, 0.15) is 0 Å². The SMILES string of the molecule is C=CCCCC(NCCC)C1C(C)(C)C1(C)C. The highest BCUT2D eigenvalue weighted by Gasteiger charge is 2.66. The van der Waals surface area contributed by atoms with Crippen molar-refractivity contribution in [2.24, 2.45) is 16.7 Å². The molecule has 1 saturated carbocycles. The summed E-state index contributed by atoms with van der Waals surface area (Å²) in [7, 11) is 0. The fourth-order valence-electron chi connectivity index (χ4n) is 3.45. The molecule has 17 heavy (non-hydrogen) atoms. The third kappa shape index (κ3) is 2.93. The van der Waals surface area contributed by atoms with Crippen molar-refractivity contribution in [2.45, 2.75) is 66.3 Å². The highest BCUT2D eigenvalue weighted by molar-refractivity contribution is 5.16. The number of rotatable bonds is 8. The third-order valence-electron chi connectivity index (χ3n) is 5.11. The Balaban J connectivity index is 2.55. The molecule has 0 aromatic heterocycles. The highest BCUT2D eigenvalue weighted by atomic mass is 15.0. The Labute approximate surface area is 108 Å². The zero-order valence-electron chi connectivity index (χ0n) is 12.5. The van der Waals surface area contributed by atoms with E-state index in [1.807, 2.05) is 6.08 Å². The molecule has 1 fully saturated rings. The zero-order chi connectivity index (χ0) is 13.1. The number of allylic oxidation sites excluding steroid dienone is 1. The van der Waals surface area contributed by atoms with E-state index < -0.39 is 0 Å². The Morgan fingerprint density at radius 1 is 1.24 bits per heavy atom. The van der Waals surface area contributed by atoms with Gasteiger partial charge in [0.05, 0.1) is 0 Å². The Morgan fingerprint density at radius 3 is 2.24 bits per heavy atom. The molecule has 0 heterocycles. The molecule has 0 aromatic carbocycles. The van der Waals surface area contributed by atoms with Gasteiger partial charge in [0, 0.05) is 6.04 Å². The first-order chi connectivity index (χ1) is 7.89. The van der Waals surface area contributed by atoms with E-state index in [9.17, 15) is 0 Å². The maximum Gasteiger partial charge on any atom is 0.0106 e. The molecule has 0 aromatic rings. The summed E-state index contributed by atoms with van der Waals surface area (Å²) < 4.78 is 0. The fourth-order valence-corrected chi connectivity index (χ4v) is 3.45. The molecular weight excluding hydrogens is 206 g/mol. The second-order valence-electron chi connectivity index (χ2n) is 6.70. The predicted octanol–water partition coefficient (Wildman–Crippen LogP) is 4.39. The van der Waals surface area contributed by atoms with Gasteiger partial charge in [-0.15, -0.1) is 6.58 Å². The van der Waals surface area contributed by atoms with Gasteiger partial charge in [0.15, 0.2) is 0 Å². The van der Waals surface area contributed by atoms with E-state index in [1.165, 1.54) is 19.3 Å².